The summed E-state index contributed by atoms with van der Waals surface area (Å²) in [4.78, 5) is 10.6. The molecule has 0 atom stereocenters. The molecule has 74 valence electrons. The molecule has 0 saturated heterocycles. The first-order valence-corrected chi connectivity index (χ1v) is 4.63. The number of hydrogen-bond acceptors (Lipinski definition) is 1. The van der Waals surface area contributed by atoms with Gasteiger partial charge < -0.3 is 5.11 Å². The molecule has 0 unspecified atom stereocenters. The number of benzene rings is 1. The highest BCUT2D eigenvalue weighted by molar-refractivity contribution is 6.42. The Bertz CT molecular complexity index is 397. The van der Waals surface area contributed by atoms with Crippen molar-refractivity contribution in [1.82, 2.24) is 0 Å². The number of carbonyl (C=O) groups is 1. The van der Waals surface area contributed by atoms with Gasteiger partial charge in [0.15, 0.2) is 0 Å². The van der Waals surface area contributed by atoms with E-state index in [-0.39, 0.29) is 5.57 Å². The molecule has 1 N–H and O–H groups in total. The van der Waals surface area contributed by atoms with Crippen LogP contribution >= 0.6 is 23.2 Å². The summed E-state index contributed by atoms with van der Waals surface area (Å²) in [6.45, 7) is 1.50. The zero-order valence-corrected chi connectivity index (χ0v) is 8.93. The van der Waals surface area contributed by atoms with E-state index < -0.39 is 5.97 Å². The van der Waals surface area contributed by atoms with Gasteiger partial charge in [-0.2, -0.15) is 0 Å². The van der Waals surface area contributed by atoms with Crippen molar-refractivity contribution in [1.29, 1.82) is 0 Å². The average molecular weight is 231 g/mol. The van der Waals surface area contributed by atoms with Gasteiger partial charge in [-0.1, -0.05) is 35.3 Å². The topological polar surface area (TPSA) is 37.3 Å². The normalized spacial score (nSPS) is 11.5. The molecular formula is C10H8Cl2O2. The monoisotopic (exact) mass is 230 g/mol. The van der Waals surface area contributed by atoms with Crippen molar-refractivity contribution in [2.24, 2.45) is 0 Å². The van der Waals surface area contributed by atoms with E-state index in [0.717, 1.165) is 0 Å². The number of halogens is 2. The van der Waals surface area contributed by atoms with Crippen LogP contribution in [0.3, 0.4) is 0 Å². The summed E-state index contributed by atoms with van der Waals surface area (Å²) in [6, 6.07) is 5.08. The molecule has 0 heterocycles. The first-order valence-electron chi connectivity index (χ1n) is 3.88. The van der Waals surface area contributed by atoms with Crippen LogP contribution in [0, 0.1) is 0 Å². The molecule has 0 fully saturated rings. The van der Waals surface area contributed by atoms with Gasteiger partial charge in [0.1, 0.15) is 0 Å². The van der Waals surface area contributed by atoms with Gasteiger partial charge in [0.2, 0.25) is 0 Å². The molecule has 4 heteroatoms. The number of aliphatic carboxylic acids is 1. The zero-order valence-electron chi connectivity index (χ0n) is 7.42. The minimum atomic E-state index is -0.971. The van der Waals surface area contributed by atoms with Crippen molar-refractivity contribution in [3.63, 3.8) is 0 Å². The molecule has 0 radical (unpaired) electrons. The van der Waals surface area contributed by atoms with Crippen LogP contribution in [0.4, 0.5) is 0 Å². The highest BCUT2D eigenvalue weighted by atomic mass is 35.5. The van der Waals surface area contributed by atoms with Gasteiger partial charge in [-0.05, 0) is 24.6 Å². The fraction of sp³-hybridized carbons (Fsp3) is 0.100. The molecular weight excluding hydrogens is 223 g/mol. The Morgan fingerprint density at radius 3 is 2.64 bits per heavy atom. The lowest BCUT2D eigenvalue weighted by atomic mass is 10.1. The van der Waals surface area contributed by atoms with Crippen LogP contribution in [0.25, 0.3) is 6.08 Å². The maximum atomic E-state index is 10.6. The fourth-order valence-electron chi connectivity index (χ4n) is 0.927. The Labute approximate surface area is 91.8 Å². The SMILES string of the molecule is C/C(=C\c1cccc(Cl)c1Cl)C(=O)O. The maximum Gasteiger partial charge on any atom is 0.331 e. The number of carboxylic acids is 1. The van der Waals surface area contributed by atoms with Gasteiger partial charge in [0, 0.05) is 5.57 Å². The minimum Gasteiger partial charge on any atom is -0.478 e. The van der Waals surface area contributed by atoms with Gasteiger partial charge in [-0.15, -0.1) is 0 Å². The molecule has 0 spiro atoms. The first-order chi connectivity index (χ1) is 6.52. The van der Waals surface area contributed by atoms with Crippen molar-refractivity contribution in [3.8, 4) is 0 Å². The first kappa shape index (κ1) is 11.1. The Kier molecular flexibility index (Phi) is 3.55. The van der Waals surface area contributed by atoms with E-state index in [4.69, 9.17) is 28.3 Å². The predicted molar refractivity (Wildman–Crippen MR) is 57.7 cm³/mol. The average Bonchev–Trinajstić information content (AvgIpc) is 2.12. The second-order valence-corrected chi connectivity index (χ2v) is 3.56. The number of rotatable bonds is 2. The lowest BCUT2D eigenvalue weighted by Crippen LogP contribution is -1.95. The van der Waals surface area contributed by atoms with E-state index >= 15 is 0 Å². The molecule has 1 aromatic rings. The fourth-order valence-corrected chi connectivity index (χ4v) is 1.29. The Balaban J connectivity index is 3.15. The molecule has 2 nitrogen and oxygen atoms in total. The highest BCUT2D eigenvalue weighted by Crippen LogP contribution is 2.27. The molecule has 0 bridgehead atoms. The van der Waals surface area contributed by atoms with Crippen LogP contribution in [0.5, 0.6) is 0 Å². The van der Waals surface area contributed by atoms with Crippen molar-refractivity contribution >= 4 is 35.2 Å². The number of hydrogen-bond donors (Lipinski definition) is 1. The summed E-state index contributed by atoms with van der Waals surface area (Å²) in [7, 11) is 0. The van der Waals surface area contributed by atoms with Gasteiger partial charge in [0.05, 0.1) is 10.0 Å². The quantitative estimate of drug-likeness (QED) is 0.791. The third-order valence-corrected chi connectivity index (χ3v) is 2.52. The molecule has 0 aliphatic carbocycles. The summed E-state index contributed by atoms with van der Waals surface area (Å²) >= 11 is 11.6. The highest BCUT2D eigenvalue weighted by Gasteiger charge is 2.04. The van der Waals surface area contributed by atoms with E-state index in [1.54, 1.807) is 18.2 Å². The van der Waals surface area contributed by atoms with Crippen LogP contribution in [0.15, 0.2) is 23.8 Å². The number of carboxylic acid groups (broad SMARTS) is 1. The van der Waals surface area contributed by atoms with Gasteiger partial charge in [0.25, 0.3) is 0 Å². The lowest BCUT2D eigenvalue weighted by molar-refractivity contribution is -0.132. The molecule has 14 heavy (non-hydrogen) atoms. The van der Waals surface area contributed by atoms with E-state index in [0.29, 0.717) is 15.6 Å². The Morgan fingerprint density at radius 2 is 2.07 bits per heavy atom. The largest absolute Gasteiger partial charge is 0.478 e. The molecule has 0 saturated carbocycles. The summed E-state index contributed by atoms with van der Waals surface area (Å²) in [5, 5.41) is 9.44. The molecule has 0 aliphatic rings. The van der Waals surface area contributed by atoms with Crippen molar-refractivity contribution in [2.75, 3.05) is 0 Å². The van der Waals surface area contributed by atoms with Crippen molar-refractivity contribution < 1.29 is 9.90 Å². The molecule has 0 aliphatic heterocycles. The molecule has 1 aromatic carbocycles. The summed E-state index contributed by atoms with van der Waals surface area (Å²) in [5.74, 6) is -0.971. The minimum absolute atomic E-state index is 0.217. The lowest BCUT2D eigenvalue weighted by Gasteiger charge is -2.00. The summed E-state index contributed by atoms with van der Waals surface area (Å²) < 4.78 is 0. The van der Waals surface area contributed by atoms with E-state index in [9.17, 15) is 4.79 Å². The standard InChI is InChI=1S/C10H8Cl2O2/c1-6(10(13)14)5-7-3-2-4-8(11)9(7)12/h2-5H,1H3,(H,13,14)/b6-5+. The molecule has 0 amide bonds. The summed E-state index contributed by atoms with van der Waals surface area (Å²) in [5.41, 5.74) is 0.827. The van der Waals surface area contributed by atoms with E-state index in [1.807, 2.05) is 0 Å². The van der Waals surface area contributed by atoms with Gasteiger partial charge in [-0.25, -0.2) is 4.79 Å². The Morgan fingerprint density at radius 1 is 1.43 bits per heavy atom. The second kappa shape index (κ2) is 4.49. The maximum absolute atomic E-state index is 10.6. The smallest absolute Gasteiger partial charge is 0.331 e. The summed E-state index contributed by atoms with van der Waals surface area (Å²) in [6.07, 6.45) is 1.48. The van der Waals surface area contributed by atoms with Crippen LogP contribution < -0.4 is 0 Å². The van der Waals surface area contributed by atoms with Gasteiger partial charge in [-0.3, -0.25) is 0 Å². The Hall–Kier alpha value is -0.990. The van der Waals surface area contributed by atoms with Crippen molar-refractivity contribution in [2.45, 2.75) is 6.92 Å². The van der Waals surface area contributed by atoms with Crippen LogP contribution in [-0.4, -0.2) is 11.1 Å². The zero-order chi connectivity index (χ0) is 10.7. The molecule has 1 rings (SSSR count). The third-order valence-electron chi connectivity index (χ3n) is 1.69. The van der Waals surface area contributed by atoms with E-state index in [1.165, 1.54) is 13.0 Å². The van der Waals surface area contributed by atoms with Crippen LogP contribution in [0.2, 0.25) is 10.0 Å². The van der Waals surface area contributed by atoms with Crippen molar-refractivity contribution in [3.05, 3.63) is 39.4 Å². The second-order valence-electron chi connectivity index (χ2n) is 2.78. The predicted octanol–water partition coefficient (Wildman–Crippen LogP) is 3.48. The van der Waals surface area contributed by atoms with Gasteiger partial charge >= 0.3 is 5.97 Å². The van der Waals surface area contributed by atoms with Crippen LogP contribution in [0.1, 0.15) is 12.5 Å². The van der Waals surface area contributed by atoms with E-state index in [2.05, 4.69) is 0 Å². The molecule has 0 aromatic heterocycles. The third kappa shape index (κ3) is 2.50. The van der Waals surface area contributed by atoms with Crippen LogP contribution in [-0.2, 0) is 4.79 Å².